The maximum Gasteiger partial charge on any atom is 0.229 e. The van der Waals surface area contributed by atoms with Gasteiger partial charge in [-0.05, 0) is 31.1 Å². The molecular formula is C15H26N2O4. The van der Waals surface area contributed by atoms with Gasteiger partial charge in [0.05, 0.1) is 19.1 Å². The van der Waals surface area contributed by atoms with Crippen LogP contribution in [0.15, 0.2) is 4.52 Å². The van der Waals surface area contributed by atoms with E-state index in [0.29, 0.717) is 23.6 Å². The van der Waals surface area contributed by atoms with Gasteiger partial charge < -0.3 is 19.1 Å². The van der Waals surface area contributed by atoms with Gasteiger partial charge in [-0.25, -0.2) is 0 Å². The van der Waals surface area contributed by atoms with E-state index in [-0.39, 0.29) is 6.61 Å². The molecule has 1 N–H and O–H groups in total. The molecule has 0 aromatic carbocycles. The minimum atomic E-state index is -0.632. The Bertz CT molecular complexity index is 448. The van der Waals surface area contributed by atoms with E-state index in [0.717, 1.165) is 25.7 Å². The highest BCUT2D eigenvalue weighted by molar-refractivity contribution is 5.05. The second kappa shape index (κ2) is 6.42. The van der Waals surface area contributed by atoms with Crippen molar-refractivity contribution in [3.05, 3.63) is 11.7 Å². The van der Waals surface area contributed by atoms with Crippen LogP contribution in [-0.4, -0.2) is 42.2 Å². The van der Waals surface area contributed by atoms with Crippen LogP contribution in [0.4, 0.5) is 0 Å². The van der Waals surface area contributed by atoms with Gasteiger partial charge in [-0.2, -0.15) is 4.98 Å². The van der Waals surface area contributed by atoms with Gasteiger partial charge in [0.2, 0.25) is 11.7 Å². The summed E-state index contributed by atoms with van der Waals surface area (Å²) in [6.07, 6.45) is 3.57. The average molecular weight is 298 g/mol. The third-order valence-corrected chi connectivity index (χ3v) is 4.45. The lowest BCUT2D eigenvalue weighted by molar-refractivity contribution is -0.0740. The monoisotopic (exact) mass is 298 g/mol. The van der Waals surface area contributed by atoms with Gasteiger partial charge in [0.1, 0.15) is 5.60 Å². The van der Waals surface area contributed by atoms with Crippen LogP contribution in [0.25, 0.3) is 0 Å². The highest BCUT2D eigenvalue weighted by Crippen LogP contribution is 2.46. The van der Waals surface area contributed by atoms with Gasteiger partial charge in [0.15, 0.2) is 0 Å². The smallest absolute Gasteiger partial charge is 0.229 e. The summed E-state index contributed by atoms with van der Waals surface area (Å²) < 4.78 is 15.9. The Hall–Kier alpha value is -0.980. The van der Waals surface area contributed by atoms with E-state index in [1.807, 2.05) is 0 Å². The molecule has 1 heterocycles. The van der Waals surface area contributed by atoms with E-state index < -0.39 is 11.7 Å². The first-order valence-electron chi connectivity index (χ1n) is 7.46. The van der Waals surface area contributed by atoms with Crippen molar-refractivity contribution in [2.75, 3.05) is 20.8 Å². The molecule has 0 radical (unpaired) electrons. The lowest BCUT2D eigenvalue weighted by atomic mass is 9.70. The number of methoxy groups -OCH3 is 2. The lowest BCUT2D eigenvalue weighted by Gasteiger charge is -2.40. The normalized spacial score (nSPS) is 22.1. The third kappa shape index (κ3) is 3.81. The van der Waals surface area contributed by atoms with Crippen molar-refractivity contribution in [2.24, 2.45) is 5.41 Å². The number of hydrogen-bond acceptors (Lipinski definition) is 6. The zero-order valence-corrected chi connectivity index (χ0v) is 13.4. The first-order chi connectivity index (χ1) is 9.91. The Morgan fingerprint density at radius 2 is 1.90 bits per heavy atom. The van der Waals surface area contributed by atoms with Crippen LogP contribution in [-0.2, 0) is 21.5 Å². The van der Waals surface area contributed by atoms with Crippen LogP contribution in [0.3, 0.4) is 0 Å². The van der Waals surface area contributed by atoms with Gasteiger partial charge in [0, 0.05) is 14.2 Å². The molecular weight excluding hydrogens is 272 g/mol. The van der Waals surface area contributed by atoms with Gasteiger partial charge in [-0.1, -0.05) is 19.0 Å². The van der Waals surface area contributed by atoms with E-state index >= 15 is 0 Å². The minimum Gasteiger partial charge on any atom is -0.390 e. The van der Waals surface area contributed by atoms with Gasteiger partial charge >= 0.3 is 0 Å². The molecule has 0 amide bonds. The maximum absolute atomic E-state index is 9.73. The summed E-state index contributed by atoms with van der Waals surface area (Å²) in [5.41, 5.74) is -0.118. The summed E-state index contributed by atoms with van der Waals surface area (Å²) in [5, 5.41) is 13.8. The molecule has 0 bridgehead atoms. The van der Waals surface area contributed by atoms with Gasteiger partial charge in [-0.3, -0.25) is 0 Å². The van der Waals surface area contributed by atoms with Crippen molar-refractivity contribution in [2.45, 2.75) is 57.7 Å². The summed E-state index contributed by atoms with van der Waals surface area (Å²) in [6, 6.07) is 0. The van der Waals surface area contributed by atoms with E-state index in [1.165, 1.54) is 0 Å². The van der Waals surface area contributed by atoms with Crippen LogP contribution in [0.1, 0.15) is 51.2 Å². The average Bonchev–Trinajstić information content (AvgIpc) is 2.89. The van der Waals surface area contributed by atoms with E-state index in [4.69, 9.17) is 14.0 Å². The van der Waals surface area contributed by atoms with Crippen LogP contribution >= 0.6 is 0 Å². The Kier molecular flexibility index (Phi) is 5.01. The van der Waals surface area contributed by atoms with E-state index in [1.54, 1.807) is 14.2 Å². The molecule has 6 nitrogen and oxygen atoms in total. The predicted octanol–water partition coefficient (Wildman–Crippen LogP) is 2.06. The topological polar surface area (TPSA) is 77.6 Å². The van der Waals surface area contributed by atoms with Crippen molar-refractivity contribution < 1.29 is 19.1 Å². The summed E-state index contributed by atoms with van der Waals surface area (Å²) in [7, 11) is 3.25. The molecule has 1 aliphatic rings. The van der Waals surface area contributed by atoms with Gasteiger partial charge in [-0.15, -0.1) is 0 Å². The number of nitrogens with zero attached hydrogens (tertiary/aromatic N) is 2. The second-order valence-electron chi connectivity index (χ2n) is 6.69. The minimum absolute atomic E-state index is 0.251. The zero-order chi connectivity index (χ0) is 15.5. The summed E-state index contributed by atoms with van der Waals surface area (Å²) in [5.74, 6) is 1.02. The maximum atomic E-state index is 9.73. The number of rotatable bonds is 6. The number of aliphatic hydroxyl groups excluding tert-OH is 1. The molecule has 6 heteroatoms. The molecule has 1 atom stereocenters. The Morgan fingerprint density at radius 3 is 2.48 bits per heavy atom. The summed E-state index contributed by atoms with van der Waals surface area (Å²) in [6.45, 7) is 4.80. The molecule has 1 aromatic rings. The first-order valence-corrected chi connectivity index (χ1v) is 7.46. The standard InChI is InChI=1S/C15H26N2O4/c1-14(2)5-7-15(20-4,8-6-14)13-16-12(21-17-13)9-11(18)10-19-3/h11,18H,5-10H2,1-4H3. The highest BCUT2D eigenvalue weighted by atomic mass is 16.5. The van der Waals surface area contributed by atoms with Crippen LogP contribution in [0.2, 0.25) is 0 Å². The number of hydrogen-bond donors (Lipinski definition) is 1. The first kappa shape index (κ1) is 16.4. The molecule has 1 saturated carbocycles. The van der Waals surface area contributed by atoms with E-state index in [9.17, 15) is 5.11 Å². The molecule has 0 aliphatic heterocycles. The molecule has 0 spiro atoms. The second-order valence-corrected chi connectivity index (χ2v) is 6.69. The molecule has 0 saturated heterocycles. The van der Waals surface area contributed by atoms with E-state index in [2.05, 4.69) is 24.0 Å². The molecule has 120 valence electrons. The molecule has 1 fully saturated rings. The third-order valence-electron chi connectivity index (χ3n) is 4.45. The van der Waals surface area contributed by atoms with Crippen LogP contribution < -0.4 is 0 Å². The summed E-state index contributed by atoms with van der Waals surface area (Å²) in [4.78, 5) is 4.43. The van der Waals surface area contributed by atoms with Gasteiger partial charge in [0.25, 0.3) is 0 Å². The quantitative estimate of drug-likeness (QED) is 0.866. The van der Waals surface area contributed by atoms with Crippen molar-refractivity contribution in [1.82, 2.24) is 10.1 Å². The SMILES string of the molecule is COCC(O)Cc1nc(C2(OC)CCC(C)(C)CC2)no1. The van der Waals surface area contributed by atoms with Crippen molar-refractivity contribution in [3.63, 3.8) is 0 Å². The van der Waals surface area contributed by atoms with Crippen molar-refractivity contribution in [3.8, 4) is 0 Å². The Labute approximate surface area is 125 Å². The molecule has 2 rings (SSSR count). The number of aliphatic hydroxyl groups is 1. The Morgan fingerprint density at radius 1 is 1.24 bits per heavy atom. The molecule has 1 unspecified atom stereocenters. The lowest BCUT2D eigenvalue weighted by Crippen LogP contribution is -2.37. The largest absolute Gasteiger partial charge is 0.390 e. The highest BCUT2D eigenvalue weighted by Gasteiger charge is 2.43. The van der Waals surface area contributed by atoms with Crippen LogP contribution in [0.5, 0.6) is 0 Å². The predicted molar refractivity (Wildman–Crippen MR) is 76.8 cm³/mol. The fourth-order valence-corrected chi connectivity index (χ4v) is 2.83. The molecule has 21 heavy (non-hydrogen) atoms. The van der Waals surface area contributed by atoms with Crippen molar-refractivity contribution in [1.29, 1.82) is 0 Å². The zero-order valence-electron chi connectivity index (χ0n) is 13.4. The summed E-state index contributed by atoms with van der Waals surface area (Å²) >= 11 is 0. The molecule has 1 aromatic heterocycles. The molecule has 1 aliphatic carbocycles. The van der Waals surface area contributed by atoms with Crippen molar-refractivity contribution >= 4 is 0 Å². The fraction of sp³-hybridized carbons (Fsp3) is 0.867. The fourth-order valence-electron chi connectivity index (χ4n) is 2.83. The van der Waals surface area contributed by atoms with Crippen LogP contribution in [0, 0.1) is 5.41 Å². The number of aromatic nitrogens is 2. The Balaban J connectivity index is 2.08. The number of ether oxygens (including phenoxy) is 2.